The van der Waals surface area contributed by atoms with Gasteiger partial charge in [-0.1, -0.05) is 6.92 Å². The number of likely N-dealkylation sites (tertiary alicyclic amines) is 1. The van der Waals surface area contributed by atoms with Crippen LogP contribution in [0.15, 0.2) is 0 Å². The number of nitriles is 1. The highest BCUT2D eigenvalue weighted by Gasteiger charge is 2.40. The Balaban J connectivity index is 1.85. The van der Waals surface area contributed by atoms with Crippen molar-refractivity contribution in [3.8, 4) is 6.07 Å². The quantitative estimate of drug-likeness (QED) is 0.756. The first-order valence-electron chi connectivity index (χ1n) is 7.77. The number of hydrogen-bond acceptors (Lipinski definition) is 4. The fourth-order valence-electron chi connectivity index (χ4n) is 3.57. The van der Waals surface area contributed by atoms with Crippen molar-refractivity contribution in [1.29, 1.82) is 5.26 Å². The number of rotatable bonds is 6. The van der Waals surface area contributed by atoms with Gasteiger partial charge in [0.2, 0.25) is 5.91 Å². The molecule has 3 atom stereocenters. The summed E-state index contributed by atoms with van der Waals surface area (Å²) in [6, 6.07) is 2.79. The summed E-state index contributed by atoms with van der Waals surface area (Å²) >= 11 is 0. The maximum Gasteiger partial charge on any atom is 0.224 e. The van der Waals surface area contributed by atoms with Crippen molar-refractivity contribution in [1.82, 2.24) is 15.5 Å². The van der Waals surface area contributed by atoms with Crippen LogP contribution in [0, 0.1) is 17.2 Å². The van der Waals surface area contributed by atoms with Crippen molar-refractivity contribution in [2.75, 3.05) is 26.7 Å². The van der Waals surface area contributed by atoms with Gasteiger partial charge in [-0.3, -0.25) is 9.69 Å². The molecule has 0 radical (unpaired) electrons. The molecule has 2 heterocycles. The number of nitrogens with one attached hydrogen (secondary N) is 2. The molecule has 2 rings (SSSR count). The molecule has 2 aliphatic heterocycles. The second-order valence-corrected chi connectivity index (χ2v) is 6.00. The van der Waals surface area contributed by atoms with E-state index in [2.05, 4.69) is 28.5 Å². The predicted octanol–water partition coefficient (Wildman–Crippen LogP) is 0.869. The molecular weight excluding hydrogens is 252 g/mol. The van der Waals surface area contributed by atoms with Crippen LogP contribution in [0.3, 0.4) is 0 Å². The lowest BCUT2D eigenvalue weighted by Crippen LogP contribution is -2.47. The van der Waals surface area contributed by atoms with Crippen LogP contribution in [0.1, 0.15) is 39.0 Å². The zero-order chi connectivity index (χ0) is 14.6. The molecule has 0 aliphatic carbocycles. The lowest BCUT2D eigenvalue weighted by Gasteiger charge is -2.36. The standard InChI is InChI=1S/C15H26N4O/c1-3-15(11-16,17-2)7-5-9-19-8-4-6-12-13(19)10-18-14(12)20/h12-13,17H,3-10H2,1-2H3,(H,18,20). The van der Waals surface area contributed by atoms with Gasteiger partial charge >= 0.3 is 0 Å². The molecule has 5 nitrogen and oxygen atoms in total. The summed E-state index contributed by atoms with van der Waals surface area (Å²) in [5.74, 6) is 0.426. The van der Waals surface area contributed by atoms with Crippen molar-refractivity contribution in [3.05, 3.63) is 0 Å². The van der Waals surface area contributed by atoms with Gasteiger partial charge in [0.05, 0.1) is 12.0 Å². The van der Waals surface area contributed by atoms with Crippen molar-refractivity contribution < 1.29 is 4.79 Å². The van der Waals surface area contributed by atoms with Crippen LogP contribution in [-0.4, -0.2) is 49.1 Å². The zero-order valence-electron chi connectivity index (χ0n) is 12.6. The number of piperidine rings is 1. The smallest absolute Gasteiger partial charge is 0.224 e. The van der Waals surface area contributed by atoms with Crippen molar-refractivity contribution >= 4 is 5.91 Å². The Kier molecular flexibility index (Phi) is 5.00. The summed E-state index contributed by atoms with van der Waals surface area (Å²) in [6.45, 7) is 4.92. The van der Waals surface area contributed by atoms with Gasteiger partial charge in [-0.2, -0.15) is 5.26 Å². The van der Waals surface area contributed by atoms with Gasteiger partial charge in [-0.05, 0) is 52.2 Å². The first-order valence-corrected chi connectivity index (χ1v) is 7.77. The molecular formula is C15H26N4O. The molecule has 0 aromatic rings. The monoisotopic (exact) mass is 278 g/mol. The minimum atomic E-state index is -0.390. The summed E-state index contributed by atoms with van der Waals surface area (Å²) in [4.78, 5) is 14.2. The maximum absolute atomic E-state index is 11.7. The van der Waals surface area contributed by atoms with Crippen molar-refractivity contribution in [3.63, 3.8) is 0 Å². The van der Waals surface area contributed by atoms with Gasteiger partial charge in [0.15, 0.2) is 0 Å². The maximum atomic E-state index is 11.7. The molecule has 20 heavy (non-hydrogen) atoms. The fourth-order valence-corrected chi connectivity index (χ4v) is 3.57. The summed E-state index contributed by atoms with van der Waals surface area (Å²) in [6.07, 6.45) is 4.83. The topological polar surface area (TPSA) is 68.2 Å². The number of carbonyl (C=O) groups excluding carboxylic acids is 1. The van der Waals surface area contributed by atoms with Crippen LogP contribution in [0.5, 0.6) is 0 Å². The molecule has 0 aromatic heterocycles. The van der Waals surface area contributed by atoms with Crippen molar-refractivity contribution in [2.45, 2.75) is 50.6 Å². The average Bonchev–Trinajstić information content (AvgIpc) is 2.87. The minimum absolute atomic E-state index is 0.194. The highest BCUT2D eigenvalue weighted by Crippen LogP contribution is 2.28. The van der Waals surface area contributed by atoms with E-state index >= 15 is 0 Å². The molecule has 0 aromatic carbocycles. The van der Waals surface area contributed by atoms with Crippen LogP contribution >= 0.6 is 0 Å². The second-order valence-electron chi connectivity index (χ2n) is 6.00. The van der Waals surface area contributed by atoms with Crippen LogP contribution in [0.4, 0.5) is 0 Å². The zero-order valence-corrected chi connectivity index (χ0v) is 12.6. The van der Waals surface area contributed by atoms with E-state index < -0.39 is 0 Å². The van der Waals surface area contributed by atoms with Gasteiger partial charge < -0.3 is 10.6 Å². The highest BCUT2D eigenvalue weighted by molar-refractivity contribution is 5.82. The molecule has 5 heteroatoms. The van der Waals surface area contributed by atoms with Gasteiger partial charge in [-0.25, -0.2) is 0 Å². The normalized spacial score (nSPS) is 29.4. The molecule has 2 aliphatic rings. The van der Waals surface area contributed by atoms with E-state index in [1.807, 2.05) is 7.05 Å². The van der Waals surface area contributed by atoms with E-state index in [0.29, 0.717) is 6.04 Å². The van der Waals surface area contributed by atoms with E-state index in [4.69, 9.17) is 0 Å². The van der Waals surface area contributed by atoms with E-state index in [1.54, 1.807) is 0 Å². The molecule has 0 bridgehead atoms. The summed E-state index contributed by atoms with van der Waals surface area (Å²) in [5.41, 5.74) is -0.390. The number of amides is 1. The number of carbonyl (C=O) groups is 1. The number of hydrogen-bond donors (Lipinski definition) is 2. The largest absolute Gasteiger partial charge is 0.354 e. The summed E-state index contributed by atoms with van der Waals surface area (Å²) in [7, 11) is 1.86. The molecule has 3 unspecified atom stereocenters. The van der Waals surface area contributed by atoms with E-state index in [0.717, 1.165) is 51.7 Å². The first-order chi connectivity index (χ1) is 9.65. The Morgan fingerprint density at radius 3 is 3.05 bits per heavy atom. The molecule has 2 saturated heterocycles. The number of nitrogens with zero attached hydrogens (tertiary/aromatic N) is 2. The molecule has 0 spiro atoms. The third kappa shape index (κ3) is 2.97. The van der Waals surface area contributed by atoms with Gasteiger partial charge in [0, 0.05) is 12.6 Å². The molecule has 1 amide bonds. The lowest BCUT2D eigenvalue weighted by molar-refractivity contribution is -0.124. The Morgan fingerprint density at radius 1 is 1.60 bits per heavy atom. The highest BCUT2D eigenvalue weighted by atomic mass is 16.2. The Morgan fingerprint density at radius 2 is 2.40 bits per heavy atom. The first kappa shape index (κ1) is 15.3. The van der Waals surface area contributed by atoms with E-state index in [1.165, 1.54) is 0 Å². The van der Waals surface area contributed by atoms with E-state index in [-0.39, 0.29) is 17.4 Å². The fraction of sp³-hybridized carbons (Fsp3) is 0.867. The summed E-state index contributed by atoms with van der Waals surface area (Å²) in [5, 5.41) is 15.5. The van der Waals surface area contributed by atoms with Crippen molar-refractivity contribution in [2.24, 2.45) is 5.92 Å². The molecule has 0 saturated carbocycles. The van der Waals surface area contributed by atoms with Crippen LogP contribution in [0.2, 0.25) is 0 Å². The lowest BCUT2D eigenvalue weighted by atomic mass is 9.89. The molecule has 2 fully saturated rings. The Labute approximate surface area is 121 Å². The van der Waals surface area contributed by atoms with E-state index in [9.17, 15) is 10.1 Å². The minimum Gasteiger partial charge on any atom is -0.354 e. The second kappa shape index (κ2) is 6.55. The summed E-state index contributed by atoms with van der Waals surface area (Å²) < 4.78 is 0. The molecule has 2 N–H and O–H groups in total. The van der Waals surface area contributed by atoms with Gasteiger partial charge in [0.25, 0.3) is 0 Å². The third-order valence-electron chi connectivity index (χ3n) is 5.06. The van der Waals surface area contributed by atoms with Gasteiger partial charge in [-0.15, -0.1) is 0 Å². The SMILES string of the molecule is CCC(C#N)(CCCN1CCCC2C(=O)NCC21)NC. The van der Waals surface area contributed by atoms with Crippen LogP contribution in [0.25, 0.3) is 0 Å². The molecule has 112 valence electrons. The average molecular weight is 278 g/mol. The Hall–Kier alpha value is -1.12. The third-order valence-corrected chi connectivity index (χ3v) is 5.06. The Bertz CT molecular complexity index is 386. The van der Waals surface area contributed by atoms with Crippen LogP contribution < -0.4 is 10.6 Å². The number of fused-ring (bicyclic) bond motifs is 1. The van der Waals surface area contributed by atoms with Gasteiger partial charge in [0.1, 0.15) is 5.54 Å². The predicted molar refractivity (Wildman–Crippen MR) is 78.0 cm³/mol. The van der Waals surface area contributed by atoms with Crippen LogP contribution in [-0.2, 0) is 4.79 Å².